The van der Waals surface area contributed by atoms with Gasteiger partial charge in [0.2, 0.25) is 5.91 Å². The van der Waals surface area contributed by atoms with Crippen LogP contribution >= 0.6 is 23.2 Å². The molecule has 1 saturated heterocycles. The van der Waals surface area contributed by atoms with Crippen LogP contribution in [0.4, 0.5) is 0 Å². The van der Waals surface area contributed by atoms with Gasteiger partial charge in [-0.3, -0.25) is 14.4 Å². The maximum Gasteiger partial charge on any atom is 0.312 e. The Bertz CT molecular complexity index is 681. The van der Waals surface area contributed by atoms with Gasteiger partial charge in [0.05, 0.1) is 10.0 Å². The van der Waals surface area contributed by atoms with E-state index in [1.54, 1.807) is 23.1 Å². The number of rotatable bonds is 6. The Morgan fingerprint density at radius 2 is 1.72 bits per heavy atom. The third-order valence-corrected chi connectivity index (χ3v) is 4.94. The first-order valence-corrected chi connectivity index (χ1v) is 8.92. The molecule has 1 aromatic rings. The number of benzene rings is 1. The second-order valence-electron chi connectivity index (χ2n) is 5.77. The van der Waals surface area contributed by atoms with Crippen LogP contribution < -0.4 is 0 Å². The van der Waals surface area contributed by atoms with Gasteiger partial charge in [-0.15, -0.1) is 0 Å². The number of nitrogens with zero attached hydrogens (tertiary/aromatic N) is 3. The van der Waals surface area contributed by atoms with E-state index < -0.39 is 11.8 Å². The number of carbonyl (C=O) groups is 3. The van der Waals surface area contributed by atoms with Crippen molar-refractivity contribution < 1.29 is 14.4 Å². The zero-order valence-corrected chi connectivity index (χ0v) is 15.8. The molecule has 25 heavy (non-hydrogen) atoms. The average Bonchev–Trinajstić information content (AvgIpc) is 2.60. The largest absolute Gasteiger partial charge is 0.337 e. The smallest absolute Gasteiger partial charge is 0.312 e. The molecule has 0 radical (unpaired) electrons. The van der Waals surface area contributed by atoms with Gasteiger partial charge < -0.3 is 14.7 Å². The van der Waals surface area contributed by atoms with Crippen LogP contribution in [-0.2, 0) is 20.9 Å². The molecule has 2 rings (SSSR count). The van der Waals surface area contributed by atoms with Crippen molar-refractivity contribution in [1.29, 1.82) is 0 Å². The van der Waals surface area contributed by atoms with Crippen LogP contribution in [0.25, 0.3) is 0 Å². The molecular formula is C17H21Cl2N3O3. The minimum absolute atomic E-state index is 0.0999. The van der Waals surface area contributed by atoms with Crippen LogP contribution in [0, 0.1) is 0 Å². The quantitative estimate of drug-likeness (QED) is 0.703. The number of amides is 3. The molecule has 0 aromatic heterocycles. The molecule has 0 unspecified atom stereocenters. The second kappa shape index (κ2) is 8.54. The van der Waals surface area contributed by atoms with Crippen LogP contribution in [-0.4, -0.2) is 65.1 Å². The first kappa shape index (κ1) is 19.5. The zero-order valence-electron chi connectivity index (χ0n) is 14.3. The van der Waals surface area contributed by atoms with Gasteiger partial charge in [0.1, 0.15) is 6.54 Å². The van der Waals surface area contributed by atoms with Crippen molar-refractivity contribution in [3.63, 3.8) is 0 Å². The highest BCUT2D eigenvalue weighted by molar-refractivity contribution is 6.42. The monoisotopic (exact) mass is 385 g/mol. The highest BCUT2D eigenvalue weighted by Crippen LogP contribution is 2.23. The summed E-state index contributed by atoms with van der Waals surface area (Å²) in [6, 6.07) is 5.21. The van der Waals surface area contributed by atoms with E-state index in [9.17, 15) is 14.4 Å². The number of carbonyl (C=O) groups excluding carboxylic acids is 3. The molecule has 3 amide bonds. The van der Waals surface area contributed by atoms with E-state index in [0.29, 0.717) is 42.8 Å². The van der Waals surface area contributed by atoms with Gasteiger partial charge in [-0.1, -0.05) is 29.3 Å². The van der Waals surface area contributed by atoms with Gasteiger partial charge in [-0.2, -0.15) is 0 Å². The number of halogens is 2. The third kappa shape index (κ3) is 4.64. The molecular weight excluding hydrogens is 365 g/mol. The molecule has 0 bridgehead atoms. The Labute approximate surface area is 157 Å². The minimum atomic E-state index is -0.618. The average molecular weight is 386 g/mol. The number of likely N-dealkylation sites (N-methyl/N-ethyl adjacent to an activating group) is 2. The summed E-state index contributed by atoms with van der Waals surface area (Å²) in [7, 11) is 0. The molecule has 1 aromatic carbocycles. The fourth-order valence-corrected chi connectivity index (χ4v) is 2.99. The van der Waals surface area contributed by atoms with E-state index in [-0.39, 0.29) is 12.5 Å². The summed E-state index contributed by atoms with van der Waals surface area (Å²) in [5, 5.41) is 0.886. The molecule has 1 aliphatic rings. The van der Waals surface area contributed by atoms with Crippen molar-refractivity contribution in [2.75, 3.05) is 32.7 Å². The lowest BCUT2D eigenvalue weighted by molar-refractivity contribution is -0.157. The Hall–Kier alpha value is -1.79. The highest BCUT2D eigenvalue weighted by atomic mass is 35.5. The zero-order chi connectivity index (χ0) is 18.6. The van der Waals surface area contributed by atoms with Crippen molar-refractivity contribution >= 4 is 40.9 Å². The van der Waals surface area contributed by atoms with Crippen molar-refractivity contribution in [3.8, 4) is 0 Å². The lowest BCUT2D eigenvalue weighted by Crippen LogP contribution is -2.56. The normalized spacial score (nSPS) is 14.9. The summed E-state index contributed by atoms with van der Waals surface area (Å²) in [4.78, 5) is 41.0. The van der Waals surface area contributed by atoms with Crippen LogP contribution in [0.2, 0.25) is 10.0 Å². The lowest BCUT2D eigenvalue weighted by Gasteiger charge is -2.34. The maximum absolute atomic E-state index is 12.6. The Balaban J connectivity index is 2.01. The fourth-order valence-electron chi connectivity index (χ4n) is 2.67. The SMILES string of the molecule is CCN(Cc1ccc(Cl)c(Cl)c1)C(=O)CN1CCN(CC)C(=O)C1=O. The Morgan fingerprint density at radius 1 is 1.08 bits per heavy atom. The molecule has 136 valence electrons. The van der Waals surface area contributed by atoms with Crippen LogP contribution in [0.1, 0.15) is 19.4 Å². The Kier molecular flexibility index (Phi) is 6.67. The third-order valence-electron chi connectivity index (χ3n) is 4.20. The van der Waals surface area contributed by atoms with Gasteiger partial charge in [-0.25, -0.2) is 0 Å². The molecule has 1 aliphatic heterocycles. The summed E-state index contributed by atoms with van der Waals surface area (Å²) < 4.78 is 0. The summed E-state index contributed by atoms with van der Waals surface area (Å²) in [6.45, 7) is 5.74. The maximum atomic E-state index is 12.6. The van der Waals surface area contributed by atoms with Gasteiger partial charge in [-0.05, 0) is 31.5 Å². The van der Waals surface area contributed by atoms with Crippen LogP contribution in [0.3, 0.4) is 0 Å². The molecule has 0 saturated carbocycles. The summed E-state index contributed by atoms with van der Waals surface area (Å²) in [5.74, 6) is -1.37. The van der Waals surface area contributed by atoms with Crippen LogP contribution in [0.15, 0.2) is 18.2 Å². The highest BCUT2D eigenvalue weighted by Gasteiger charge is 2.33. The number of hydrogen-bond donors (Lipinski definition) is 0. The van der Waals surface area contributed by atoms with Crippen molar-refractivity contribution in [2.24, 2.45) is 0 Å². The molecule has 0 N–H and O–H groups in total. The molecule has 8 heteroatoms. The van der Waals surface area contributed by atoms with E-state index >= 15 is 0 Å². The predicted molar refractivity (Wildman–Crippen MR) is 96.4 cm³/mol. The van der Waals surface area contributed by atoms with Crippen molar-refractivity contribution in [2.45, 2.75) is 20.4 Å². The lowest BCUT2D eigenvalue weighted by atomic mass is 10.2. The minimum Gasteiger partial charge on any atom is -0.337 e. The topological polar surface area (TPSA) is 60.9 Å². The van der Waals surface area contributed by atoms with Gasteiger partial charge >= 0.3 is 11.8 Å². The summed E-state index contributed by atoms with van der Waals surface area (Å²) in [5.41, 5.74) is 0.850. The van der Waals surface area contributed by atoms with E-state index in [0.717, 1.165) is 5.56 Å². The predicted octanol–water partition coefficient (Wildman–Crippen LogP) is 2.03. The standard InChI is InChI=1S/C17H21Cl2N3O3/c1-3-20-7-8-22(17(25)16(20)24)11-15(23)21(4-2)10-12-5-6-13(18)14(19)9-12/h5-6,9H,3-4,7-8,10-11H2,1-2H3. The van der Waals surface area contributed by atoms with E-state index in [1.165, 1.54) is 9.80 Å². The van der Waals surface area contributed by atoms with Crippen LogP contribution in [0.5, 0.6) is 0 Å². The number of hydrogen-bond acceptors (Lipinski definition) is 3. The first-order valence-electron chi connectivity index (χ1n) is 8.17. The van der Waals surface area contributed by atoms with E-state index in [4.69, 9.17) is 23.2 Å². The van der Waals surface area contributed by atoms with Gasteiger partial charge in [0, 0.05) is 32.7 Å². The fraction of sp³-hybridized carbons (Fsp3) is 0.471. The molecule has 0 atom stereocenters. The van der Waals surface area contributed by atoms with E-state index in [1.807, 2.05) is 13.8 Å². The molecule has 1 heterocycles. The molecule has 1 fully saturated rings. The Morgan fingerprint density at radius 3 is 2.32 bits per heavy atom. The summed E-state index contributed by atoms with van der Waals surface area (Å²) >= 11 is 11.9. The molecule has 0 spiro atoms. The second-order valence-corrected chi connectivity index (χ2v) is 6.58. The molecule has 6 nitrogen and oxygen atoms in total. The van der Waals surface area contributed by atoms with Crippen molar-refractivity contribution in [1.82, 2.24) is 14.7 Å². The molecule has 0 aliphatic carbocycles. The summed E-state index contributed by atoms with van der Waals surface area (Å²) in [6.07, 6.45) is 0. The first-order chi connectivity index (χ1) is 11.9. The number of piperazine rings is 1. The van der Waals surface area contributed by atoms with Crippen molar-refractivity contribution in [3.05, 3.63) is 33.8 Å². The van der Waals surface area contributed by atoms with E-state index in [2.05, 4.69) is 0 Å². The van der Waals surface area contributed by atoms with Gasteiger partial charge in [0.25, 0.3) is 0 Å². The van der Waals surface area contributed by atoms with Gasteiger partial charge in [0.15, 0.2) is 0 Å².